The van der Waals surface area contributed by atoms with E-state index in [9.17, 15) is 0 Å². The van der Waals surface area contributed by atoms with Gasteiger partial charge >= 0.3 is 0 Å². The zero-order valence-corrected chi connectivity index (χ0v) is 10.2. The Morgan fingerprint density at radius 3 is 2.73 bits per heavy atom. The van der Waals surface area contributed by atoms with E-state index in [1.807, 2.05) is 25.0 Å². The Hall–Kier alpha value is -0.870. The largest absolute Gasteiger partial charge is 0.317 e. The van der Waals surface area contributed by atoms with E-state index in [0.29, 0.717) is 6.04 Å². The maximum Gasteiger partial charge on any atom is 0.0640 e. The molecule has 4 heteroatoms. The summed E-state index contributed by atoms with van der Waals surface area (Å²) in [5.41, 5.74) is 1.16. The highest BCUT2D eigenvalue weighted by Gasteiger charge is 2.09. The van der Waals surface area contributed by atoms with Gasteiger partial charge in [0.1, 0.15) is 0 Å². The molecule has 86 valence electrons. The predicted octanol–water partition coefficient (Wildman–Crippen LogP) is 0.502. The summed E-state index contributed by atoms with van der Waals surface area (Å²) in [6.45, 7) is 1.11. The third kappa shape index (κ3) is 4.44. The highest BCUT2D eigenvalue weighted by atomic mass is 15.2. The molecule has 0 saturated heterocycles. The Morgan fingerprint density at radius 1 is 1.53 bits per heavy atom. The third-order valence-corrected chi connectivity index (χ3v) is 2.56. The first-order chi connectivity index (χ1) is 7.11. The van der Waals surface area contributed by atoms with Crippen LogP contribution < -0.4 is 5.32 Å². The van der Waals surface area contributed by atoms with E-state index in [2.05, 4.69) is 35.5 Å². The van der Waals surface area contributed by atoms with Crippen LogP contribution in [0.4, 0.5) is 0 Å². The summed E-state index contributed by atoms with van der Waals surface area (Å²) < 4.78 is 1.86. The van der Waals surface area contributed by atoms with Crippen LogP contribution in [0.5, 0.6) is 0 Å². The molecule has 0 aliphatic carbocycles. The molecule has 0 radical (unpaired) electrons. The minimum absolute atomic E-state index is 0.516. The van der Waals surface area contributed by atoms with Crippen molar-refractivity contribution in [2.45, 2.75) is 18.9 Å². The summed E-state index contributed by atoms with van der Waals surface area (Å²) in [5, 5.41) is 7.73. The van der Waals surface area contributed by atoms with Crippen LogP contribution in [0.2, 0.25) is 0 Å². The number of aryl methyl sites for hydroxylation is 1. The van der Waals surface area contributed by atoms with E-state index >= 15 is 0 Å². The summed E-state index contributed by atoms with van der Waals surface area (Å²) in [4.78, 5) is 2.21. The standard InChI is InChI=1S/C11H22N4/c1-12-10(5-7-14(2)3)9-11-6-8-15(4)13-11/h6,8,10,12H,5,7,9H2,1-4H3. The Labute approximate surface area is 92.3 Å². The molecule has 4 nitrogen and oxygen atoms in total. The lowest BCUT2D eigenvalue weighted by atomic mass is 10.1. The van der Waals surface area contributed by atoms with Gasteiger partial charge in [0.15, 0.2) is 0 Å². The molecule has 1 rings (SSSR count). The molecule has 0 aliphatic rings. The van der Waals surface area contributed by atoms with Crippen LogP contribution in [0.1, 0.15) is 12.1 Å². The molecule has 15 heavy (non-hydrogen) atoms. The number of rotatable bonds is 6. The number of hydrogen-bond acceptors (Lipinski definition) is 3. The monoisotopic (exact) mass is 210 g/mol. The molecule has 0 aromatic carbocycles. The van der Waals surface area contributed by atoms with Gasteiger partial charge in [-0.05, 0) is 40.2 Å². The van der Waals surface area contributed by atoms with Crippen LogP contribution in [0, 0.1) is 0 Å². The van der Waals surface area contributed by atoms with Gasteiger partial charge in [-0.1, -0.05) is 0 Å². The molecule has 1 aromatic rings. The Kier molecular flexibility index (Phi) is 4.78. The van der Waals surface area contributed by atoms with Gasteiger partial charge < -0.3 is 10.2 Å². The van der Waals surface area contributed by atoms with Crippen molar-refractivity contribution in [2.75, 3.05) is 27.7 Å². The van der Waals surface area contributed by atoms with Crippen molar-refractivity contribution in [3.63, 3.8) is 0 Å². The van der Waals surface area contributed by atoms with E-state index in [0.717, 1.165) is 25.1 Å². The molecule has 0 amide bonds. The van der Waals surface area contributed by atoms with Crippen molar-refractivity contribution in [1.82, 2.24) is 20.0 Å². The van der Waals surface area contributed by atoms with Crippen LogP contribution >= 0.6 is 0 Å². The molecule has 0 aliphatic heterocycles. The first-order valence-corrected chi connectivity index (χ1v) is 5.42. The normalized spacial score (nSPS) is 13.4. The molecular formula is C11H22N4. The van der Waals surface area contributed by atoms with Crippen LogP contribution in [-0.4, -0.2) is 48.4 Å². The smallest absolute Gasteiger partial charge is 0.0640 e. The molecule has 1 N–H and O–H groups in total. The quantitative estimate of drug-likeness (QED) is 0.742. The van der Waals surface area contributed by atoms with E-state index in [4.69, 9.17) is 0 Å². The fraction of sp³-hybridized carbons (Fsp3) is 0.727. The van der Waals surface area contributed by atoms with Gasteiger partial charge in [0.2, 0.25) is 0 Å². The molecule has 0 spiro atoms. The maximum absolute atomic E-state index is 4.39. The van der Waals surface area contributed by atoms with Crippen molar-refractivity contribution < 1.29 is 0 Å². The SMILES string of the molecule is CNC(CCN(C)C)Cc1ccn(C)n1. The van der Waals surface area contributed by atoms with Gasteiger partial charge in [-0.3, -0.25) is 4.68 Å². The van der Waals surface area contributed by atoms with E-state index in [1.165, 1.54) is 0 Å². The Balaban J connectivity index is 2.39. The van der Waals surface area contributed by atoms with Gasteiger partial charge in [-0.25, -0.2) is 0 Å². The van der Waals surface area contributed by atoms with Crippen molar-refractivity contribution in [3.8, 4) is 0 Å². The second kappa shape index (κ2) is 5.88. The van der Waals surface area contributed by atoms with Crippen molar-refractivity contribution in [2.24, 2.45) is 7.05 Å². The van der Waals surface area contributed by atoms with E-state index < -0.39 is 0 Å². The molecule has 1 unspecified atom stereocenters. The number of likely N-dealkylation sites (N-methyl/N-ethyl adjacent to an activating group) is 1. The zero-order valence-electron chi connectivity index (χ0n) is 10.2. The van der Waals surface area contributed by atoms with Crippen molar-refractivity contribution >= 4 is 0 Å². The lowest BCUT2D eigenvalue weighted by Crippen LogP contribution is -2.31. The fourth-order valence-electron chi connectivity index (χ4n) is 1.59. The zero-order chi connectivity index (χ0) is 11.3. The Bertz CT molecular complexity index is 280. The molecule has 0 bridgehead atoms. The summed E-state index contributed by atoms with van der Waals surface area (Å²) in [5.74, 6) is 0. The number of aromatic nitrogens is 2. The van der Waals surface area contributed by atoms with Gasteiger partial charge in [0.05, 0.1) is 5.69 Å². The second-order valence-corrected chi connectivity index (χ2v) is 4.26. The maximum atomic E-state index is 4.39. The van der Waals surface area contributed by atoms with Gasteiger partial charge in [-0.2, -0.15) is 5.10 Å². The predicted molar refractivity (Wildman–Crippen MR) is 62.9 cm³/mol. The molecule has 1 heterocycles. The average molecular weight is 210 g/mol. The highest BCUT2D eigenvalue weighted by Crippen LogP contribution is 2.03. The Morgan fingerprint density at radius 2 is 2.27 bits per heavy atom. The average Bonchev–Trinajstić information content (AvgIpc) is 2.58. The minimum Gasteiger partial charge on any atom is -0.317 e. The van der Waals surface area contributed by atoms with E-state index in [1.54, 1.807) is 0 Å². The summed E-state index contributed by atoms with van der Waals surface area (Å²) in [6, 6.07) is 2.60. The summed E-state index contributed by atoms with van der Waals surface area (Å²) >= 11 is 0. The van der Waals surface area contributed by atoms with Gasteiger partial charge in [-0.15, -0.1) is 0 Å². The first kappa shape index (κ1) is 12.2. The van der Waals surface area contributed by atoms with Crippen LogP contribution in [0.25, 0.3) is 0 Å². The van der Waals surface area contributed by atoms with Gasteiger partial charge in [0.25, 0.3) is 0 Å². The number of nitrogens with one attached hydrogen (secondary N) is 1. The number of hydrogen-bond donors (Lipinski definition) is 1. The molecular weight excluding hydrogens is 188 g/mol. The minimum atomic E-state index is 0.516. The molecule has 0 saturated carbocycles. The van der Waals surface area contributed by atoms with E-state index in [-0.39, 0.29) is 0 Å². The topological polar surface area (TPSA) is 33.1 Å². The molecule has 1 atom stereocenters. The third-order valence-electron chi connectivity index (χ3n) is 2.56. The van der Waals surface area contributed by atoms with Gasteiger partial charge in [0, 0.05) is 25.7 Å². The number of nitrogens with zero attached hydrogens (tertiary/aromatic N) is 3. The van der Waals surface area contributed by atoms with Crippen molar-refractivity contribution in [1.29, 1.82) is 0 Å². The molecule has 1 aromatic heterocycles. The second-order valence-electron chi connectivity index (χ2n) is 4.26. The highest BCUT2D eigenvalue weighted by molar-refractivity contribution is 5.01. The first-order valence-electron chi connectivity index (χ1n) is 5.42. The fourth-order valence-corrected chi connectivity index (χ4v) is 1.59. The lowest BCUT2D eigenvalue weighted by Gasteiger charge is -2.17. The summed E-state index contributed by atoms with van der Waals surface area (Å²) in [6.07, 6.45) is 4.15. The van der Waals surface area contributed by atoms with Crippen molar-refractivity contribution in [3.05, 3.63) is 18.0 Å². The summed E-state index contributed by atoms with van der Waals surface area (Å²) in [7, 11) is 8.18. The molecule has 0 fully saturated rings. The van der Waals surface area contributed by atoms with Crippen LogP contribution in [0.3, 0.4) is 0 Å². The lowest BCUT2D eigenvalue weighted by molar-refractivity contribution is 0.363. The van der Waals surface area contributed by atoms with Crippen LogP contribution in [-0.2, 0) is 13.5 Å². The van der Waals surface area contributed by atoms with Crippen LogP contribution in [0.15, 0.2) is 12.3 Å².